The minimum atomic E-state index is 0.342. The first kappa shape index (κ1) is 22.9. The minimum Gasteiger partial charge on any atom is -0.330 e. The van der Waals surface area contributed by atoms with Crippen molar-refractivity contribution in [3.05, 3.63) is 0 Å². The molecular formula is C22H47N3. The maximum atomic E-state index is 6.24. The molecule has 3 nitrogen and oxygen atoms in total. The molecule has 2 atom stereocenters. The van der Waals surface area contributed by atoms with Gasteiger partial charge < -0.3 is 16.8 Å². The third-order valence-electron chi connectivity index (χ3n) is 6.81. The molecule has 0 spiro atoms. The Bertz CT molecular complexity index is 329. The minimum absolute atomic E-state index is 0.342. The fourth-order valence-corrected chi connectivity index (χ4v) is 4.29. The van der Waals surface area contributed by atoms with Crippen molar-refractivity contribution < 1.29 is 0 Å². The molecule has 2 unspecified atom stereocenters. The average molecular weight is 354 g/mol. The Balaban J connectivity index is 1.96. The van der Waals surface area contributed by atoms with Gasteiger partial charge in [0.2, 0.25) is 0 Å². The van der Waals surface area contributed by atoms with E-state index in [0.717, 1.165) is 19.5 Å². The van der Waals surface area contributed by atoms with Gasteiger partial charge in [0.15, 0.2) is 0 Å². The lowest BCUT2D eigenvalue weighted by atomic mass is 9.57. The van der Waals surface area contributed by atoms with Crippen molar-refractivity contribution in [2.75, 3.05) is 19.6 Å². The smallest absolute Gasteiger partial charge is 0.00448 e. The fraction of sp³-hybridized carbons (Fsp3) is 1.00. The second kappa shape index (κ2) is 12.3. The Morgan fingerprint density at radius 3 is 1.92 bits per heavy atom. The fourth-order valence-electron chi connectivity index (χ4n) is 4.29. The van der Waals surface area contributed by atoms with E-state index in [9.17, 15) is 0 Å². The number of hydrogen-bond acceptors (Lipinski definition) is 3. The highest BCUT2D eigenvalue weighted by molar-refractivity contribution is 4.97. The summed E-state index contributed by atoms with van der Waals surface area (Å²) in [4.78, 5) is 0. The van der Waals surface area contributed by atoms with Crippen LogP contribution in [0.5, 0.6) is 0 Å². The summed E-state index contributed by atoms with van der Waals surface area (Å²) in [6.45, 7) is 10.4. The molecule has 25 heavy (non-hydrogen) atoms. The van der Waals surface area contributed by atoms with Crippen LogP contribution in [0.1, 0.15) is 104 Å². The lowest BCUT2D eigenvalue weighted by molar-refractivity contribution is 0.0240. The standard InChI is InChI=1S/C22H47N3/c1-21(2)15-14-20(24)18-22(21,3)19-25-17-13-11-9-7-5-4-6-8-10-12-16-23/h20,25H,4-19,23-24H2,1-3H3. The largest absolute Gasteiger partial charge is 0.330 e. The number of nitrogens with one attached hydrogen (secondary N) is 1. The zero-order valence-electron chi connectivity index (χ0n) is 17.5. The van der Waals surface area contributed by atoms with Crippen LogP contribution < -0.4 is 16.8 Å². The normalized spacial score (nSPS) is 26.0. The second-order valence-electron chi connectivity index (χ2n) is 9.45. The first-order chi connectivity index (χ1) is 11.9. The lowest BCUT2D eigenvalue weighted by Crippen LogP contribution is -2.50. The van der Waals surface area contributed by atoms with Gasteiger partial charge in [0, 0.05) is 12.6 Å². The van der Waals surface area contributed by atoms with Crippen molar-refractivity contribution in [2.24, 2.45) is 22.3 Å². The highest BCUT2D eigenvalue weighted by Crippen LogP contribution is 2.49. The molecule has 0 aromatic heterocycles. The van der Waals surface area contributed by atoms with E-state index in [1.165, 1.54) is 83.6 Å². The Hall–Kier alpha value is -0.120. The maximum Gasteiger partial charge on any atom is 0.00448 e. The zero-order chi connectivity index (χ0) is 18.6. The number of unbranched alkanes of at least 4 members (excludes halogenated alkanes) is 9. The summed E-state index contributed by atoms with van der Waals surface area (Å²) < 4.78 is 0. The molecule has 1 fully saturated rings. The van der Waals surface area contributed by atoms with Crippen molar-refractivity contribution in [1.82, 2.24) is 5.32 Å². The number of rotatable bonds is 14. The molecule has 1 saturated carbocycles. The van der Waals surface area contributed by atoms with E-state index in [4.69, 9.17) is 11.5 Å². The molecule has 0 amide bonds. The summed E-state index contributed by atoms with van der Waals surface area (Å²) in [5.74, 6) is 0. The van der Waals surface area contributed by atoms with Crippen LogP contribution in [0, 0.1) is 10.8 Å². The van der Waals surface area contributed by atoms with Crippen LogP contribution >= 0.6 is 0 Å². The second-order valence-corrected chi connectivity index (χ2v) is 9.45. The molecule has 5 N–H and O–H groups in total. The summed E-state index contributed by atoms with van der Waals surface area (Å²) in [5.41, 5.74) is 12.5. The Labute approximate surface area is 158 Å². The van der Waals surface area contributed by atoms with Gasteiger partial charge in [0.25, 0.3) is 0 Å². The van der Waals surface area contributed by atoms with E-state index in [1.807, 2.05) is 0 Å². The molecule has 0 heterocycles. The van der Waals surface area contributed by atoms with Crippen LogP contribution in [0.3, 0.4) is 0 Å². The highest BCUT2D eigenvalue weighted by atomic mass is 14.9. The molecule has 150 valence electrons. The number of nitrogens with two attached hydrogens (primary N) is 2. The van der Waals surface area contributed by atoms with Crippen LogP contribution in [0.25, 0.3) is 0 Å². The zero-order valence-corrected chi connectivity index (χ0v) is 17.5. The van der Waals surface area contributed by atoms with Gasteiger partial charge in [-0.15, -0.1) is 0 Å². The molecule has 0 aromatic rings. The van der Waals surface area contributed by atoms with Crippen LogP contribution in [0.2, 0.25) is 0 Å². The monoisotopic (exact) mass is 353 g/mol. The SMILES string of the molecule is CC1(C)CCC(N)CC1(C)CNCCCCCCCCCCCCN. The van der Waals surface area contributed by atoms with Gasteiger partial charge in [-0.25, -0.2) is 0 Å². The first-order valence-corrected chi connectivity index (χ1v) is 11.1. The van der Waals surface area contributed by atoms with E-state index >= 15 is 0 Å². The van der Waals surface area contributed by atoms with Crippen molar-refractivity contribution >= 4 is 0 Å². The predicted molar refractivity (Wildman–Crippen MR) is 112 cm³/mol. The van der Waals surface area contributed by atoms with E-state index in [1.54, 1.807) is 0 Å². The predicted octanol–water partition coefficient (Wildman–Crippen LogP) is 4.98. The van der Waals surface area contributed by atoms with Gasteiger partial charge in [-0.3, -0.25) is 0 Å². The summed E-state index contributed by atoms with van der Waals surface area (Å²) in [6, 6.07) is 0.398. The maximum absolute atomic E-state index is 6.24. The topological polar surface area (TPSA) is 64.1 Å². The van der Waals surface area contributed by atoms with Crippen LogP contribution in [-0.4, -0.2) is 25.7 Å². The first-order valence-electron chi connectivity index (χ1n) is 11.1. The molecule has 0 aromatic carbocycles. The van der Waals surface area contributed by atoms with Crippen molar-refractivity contribution in [2.45, 2.75) is 110 Å². The quantitative estimate of drug-likeness (QED) is 0.386. The van der Waals surface area contributed by atoms with E-state index in [0.29, 0.717) is 16.9 Å². The highest BCUT2D eigenvalue weighted by Gasteiger charge is 2.44. The molecule has 3 heteroatoms. The van der Waals surface area contributed by atoms with Gasteiger partial charge in [0.05, 0.1) is 0 Å². The Morgan fingerprint density at radius 2 is 1.36 bits per heavy atom. The van der Waals surface area contributed by atoms with E-state index in [2.05, 4.69) is 26.1 Å². The van der Waals surface area contributed by atoms with Gasteiger partial charge in [-0.05, 0) is 56.0 Å². The Morgan fingerprint density at radius 1 is 0.840 bits per heavy atom. The van der Waals surface area contributed by atoms with Crippen molar-refractivity contribution in [3.8, 4) is 0 Å². The average Bonchev–Trinajstić information content (AvgIpc) is 2.56. The molecule has 0 aliphatic heterocycles. The molecule has 0 radical (unpaired) electrons. The summed E-state index contributed by atoms with van der Waals surface area (Å²) in [6.07, 6.45) is 17.3. The van der Waals surface area contributed by atoms with Crippen molar-refractivity contribution in [1.29, 1.82) is 0 Å². The Kier molecular flexibility index (Phi) is 11.3. The third-order valence-corrected chi connectivity index (χ3v) is 6.81. The van der Waals surface area contributed by atoms with Gasteiger partial charge >= 0.3 is 0 Å². The molecule has 0 bridgehead atoms. The summed E-state index contributed by atoms with van der Waals surface area (Å²) >= 11 is 0. The molecule has 1 aliphatic carbocycles. The van der Waals surface area contributed by atoms with Crippen molar-refractivity contribution in [3.63, 3.8) is 0 Å². The molecule has 0 saturated heterocycles. The van der Waals surface area contributed by atoms with Crippen LogP contribution in [0.15, 0.2) is 0 Å². The molecule has 1 aliphatic rings. The van der Waals surface area contributed by atoms with Gasteiger partial charge in [0.1, 0.15) is 0 Å². The van der Waals surface area contributed by atoms with E-state index < -0.39 is 0 Å². The van der Waals surface area contributed by atoms with Gasteiger partial charge in [-0.1, -0.05) is 72.1 Å². The third kappa shape index (κ3) is 8.88. The lowest BCUT2D eigenvalue weighted by Gasteiger charge is -2.50. The number of hydrogen-bond donors (Lipinski definition) is 3. The van der Waals surface area contributed by atoms with E-state index in [-0.39, 0.29) is 0 Å². The summed E-state index contributed by atoms with van der Waals surface area (Å²) in [5, 5.41) is 3.74. The van der Waals surface area contributed by atoms with Gasteiger partial charge in [-0.2, -0.15) is 0 Å². The molecule has 1 rings (SSSR count). The molecular weight excluding hydrogens is 306 g/mol. The summed E-state index contributed by atoms with van der Waals surface area (Å²) in [7, 11) is 0. The van der Waals surface area contributed by atoms with Crippen LogP contribution in [-0.2, 0) is 0 Å². The van der Waals surface area contributed by atoms with Crippen LogP contribution in [0.4, 0.5) is 0 Å².